The van der Waals surface area contributed by atoms with Crippen molar-refractivity contribution in [3.8, 4) is 0 Å². The van der Waals surface area contributed by atoms with E-state index in [-0.39, 0.29) is 0 Å². The highest BCUT2D eigenvalue weighted by Gasteiger charge is 2.20. The Bertz CT molecular complexity index is 405. The van der Waals surface area contributed by atoms with E-state index in [2.05, 4.69) is 30.3 Å². The van der Waals surface area contributed by atoms with Crippen molar-refractivity contribution in [1.29, 1.82) is 0 Å². The van der Waals surface area contributed by atoms with E-state index in [0.717, 1.165) is 43.4 Å². The smallest absolute Gasteiger partial charge is 0.0750 e. The average Bonchev–Trinajstić information content (AvgIpc) is 2.89. The van der Waals surface area contributed by atoms with Gasteiger partial charge in [-0.15, -0.1) is 0 Å². The van der Waals surface area contributed by atoms with Gasteiger partial charge in [0.05, 0.1) is 16.8 Å². The zero-order valence-electron chi connectivity index (χ0n) is 11.8. The van der Waals surface area contributed by atoms with Crippen LogP contribution in [0.5, 0.6) is 0 Å². The van der Waals surface area contributed by atoms with E-state index in [9.17, 15) is 0 Å². The number of hydrogen-bond acceptors (Lipinski definition) is 3. The van der Waals surface area contributed by atoms with Crippen LogP contribution in [0.3, 0.4) is 0 Å². The average molecular weight is 283 g/mol. The number of para-hydroxylation sites is 1. The first-order valence-electron chi connectivity index (χ1n) is 7.03. The van der Waals surface area contributed by atoms with Gasteiger partial charge in [0.15, 0.2) is 0 Å². The van der Waals surface area contributed by atoms with Gasteiger partial charge in [0, 0.05) is 26.7 Å². The van der Waals surface area contributed by atoms with Gasteiger partial charge in [0.2, 0.25) is 0 Å². The van der Waals surface area contributed by atoms with Crippen LogP contribution < -0.4 is 10.2 Å². The number of likely N-dealkylation sites (N-methyl/N-ethyl adjacent to an activating group) is 1. The van der Waals surface area contributed by atoms with Crippen molar-refractivity contribution in [2.24, 2.45) is 0 Å². The molecule has 0 bridgehead atoms. The quantitative estimate of drug-likeness (QED) is 0.868. The molecule has 0 aliphatic carbocycles. The second-order valence-electron chi connectivity index (χ2n) is 5.04. The molecule has 0 spiro atoms. The molecule has 1 fully saturated rings. The number of rotatable bonds is 6. The maximum absolute atomic E-state index is 6.38. The SMILES string of the molecule is CCNCc1cccc(Cl)c1N(C)CC1CCCO1. The lowest BCUT2D eigenvalue weighted by molar-refractivity contribution is 0.116. The molecule has 1 aliphatic heterocycles. The minimum Gasteiger partial charge on any atom is -0.376 e. The molecule has 2 rings (SSSR count). The van der Waals surface area contributed by atoms with Crippen molar-refractivity contribution < 1.29 is 4.74 Å². The maximum Gasteiger partial charge on any atom is 0.0750 e. The molecule has 0 radical (unpaired) electrons. The van der Waals surface area contributed by atoms with Crippen molar-refractivity contribution in [3.63, 3.8) is 0 Å². The number of nitrogens with one attached hydrogen (secondary N) is 1. The van der Waals surface area contributed by atoms with E-state index >= 15 is 0 Å². The standard InChI is InChI=1S/C15H23ClN2O/c1-3-17-10-12-6-4-8-14(16)15(12)18(2)11-13-7-5-9-19-13/h4,6,8,13,17H,3,5,7,9-11H2,1-2H3. The number of hydrogen-bond donors (Lipinski definition) is 1. The maximum atomic E-state index is 6.38. The highest BCUT2D eigenvalue weighted by Crippen LogP contribution is 2.30. The summed E-state index contributed by atoms with van der Waals surface area (Å²) in [5, 5.41) is 4.18. The molecule has 1 unspecified atom stereocenters. The molecule has 1 heterocycles. The third-order valence-electron chi connectivity index (χ3n) is 3.52. The molecule has 0 saturated carbocycles. The molecule has 0 amide bonds. The van der Waals surface area contributed by atoms with Crippen LogP contribution in [0.4, 0.5) is 5.69 Å². The fourth-order valence-electron chi connectivity index (χ4n) is 2.57. The van der Waals surface area contributed by atoms with Gasteiger partial charge in [-0.1, -0.05) is 30.7 Å². The lowest BCUT2D eigenvalue weighted by Gasteiger charge is -2.26. The zero-order chi connectivity index (χ0) is 13.7. The predicted molar refractivity (Wildman–Crippen MR) is 81.1 cm³/mol. The third-order valence-corrected chi connectivity index (χ3v) is 3.82. The number of ether oxygens (including phenoxy) is 1. The summed E-state index contributed by atoms with van der Waals surface area (Å²) in [6.45, 7) is 5.72. The van der Waals surface area contributed by atoms with Crippen molar-refractivity contribution in [2.75, 3.05) is 31.6 Å². The molecule has 0 aromatic heterocycles. The van der Waals surface area contributed by atoms with Crippen LogP contribution >= 0.6 is 11.6 Å². The molecule has 3 nitrogen and oxygen atoms in total. The molecule has 1 aromatic carbocycles. The van der Waals surface area contributed by atoms with Crippen LogP contribution in [-0.2, 0) is 11.3 Å². The van der Waals surface area contributed by atoms with Gasteiger partial charge in [-0.3, -0.25) is 0 Å². The molecule has 1 aliphatic rings. The summed E-state index contributed by atoms with van der Waals surface area (Å²) >= 11 is 6.38. The highest BCUT2D eigenvalue weighted by atomic mass is 35.5. The minimum atomic E-state index is 0.341. The zero-order valence-corrected chi connectivity index (χ0v) is 12.5. The Morgan fingerprint density at radius 1 is 1.47 bits per heavy atom. The summed E-state index contributed by atoms with van der Waals surface area (Å²) in [6.07, 6.45) is 2.66. The van der Waals surface area contributed by atoms with Crippen molar-refractivity contribution >= 4 is 17.3 Å². The third kappa shape index (κ3) is 3.85. The van der Waals surface area contributed by atoms with Gasteiger partial charge in [-0.25, -0.2) is 0 Å². The van der Waals surface area contributed by atoms with Gasteiger partial charge in [0.25, 0.3) is 0 Å². The van der Waals surface area contributed by atoms with Crippen LogP contribution in [0, 0.1) is 0 Å². The highest BCUT2D eigenvalue weighted by molar-refractivity contribution is 6.33. The largest absolute Gasteiger partial charge is 0.376 e. The van der Waals surface area contributed by atoms with Crippen LogP contribution in [0.15, 0.2) is 18.2 Å². The van der Waals surface area contributed by atoms with Gasteiger partial charge in [-0.05, 0) is 31.0 Å². The first kappa shape index (κ1) is 14.6. The molecule has 19 heavy (non-hydrogen) atoms. The van der Waals surface area contributed by atoms with E-state index in [0.29, 0.717) is 6.10 Å². The summed E-state index contributed by atoms with van der Waals surface area (Å²) in [6, 6.07) is 6.10. The Morgan fingerprint density at radius 3 is 3.00 bits per heavy atom. The molecule has 1 aromatic rings. The fourth-order valence-corrected chi connectivity index (χ4v) is 2.91. The normalized spacial score (nSPS) is 18.8. The van der Waals surface area contributed by atoms with Gasteiger partial charge >= 0.3 is 0 Å². The second-order valence-corrected chi connectivity index (χ2v) is 5.45. The van der Waals surface area contributed by atoms with E-state index in [1.807, 2.05) is 12.1 Å². The lowest BCUT2D eigenvalue weighted by atomic mass is 10.1. The van der Waals surface area contributed by atoms with Crippen LogP contribution in [0.25, 0.3) is 0 Å². The van der Waals surface area contributed by atoms with Crippen molar-refractivity contribution in [3.05, 3.63) is 28.8 Å². The molecule has 1 atom stereocenters. The van der Waals surface area contributed by atoms with E-state index < -0.39 is 0 Å². The monoisotopic (exact) mass is 282 g/mol. The number of halogens is 1. The molecule has 1 saturated heterocycles. The first-order valence-corrected chi connectivity index (χ1v) is 7.41. The van der Waals surface area contributed by atoms with Crippen molar-refractivity contribution in [2.45, 2.75) is 32.4 Å². The fraction of sp³-hybridized carbons (Fsp3) is 0.600. The number of nitrogens with zero attached hydrogens (tertiary/aromatic N) is 1. The minimum absolute atomic E-state index is 0.341. The summed E-state index contributed by atoms with van der Waals surface area (Å²) in [4.78, 5) is 2.23. The van der Waals surface area contributed by atoms with E-state index in [1.165, 1.54) is 12.0 Å². The summed E-state index contributed by atoms with van der Waals surface area (Å²) < 4.78 is 5.71. The summed E-state index contributed by atoms with van der Waals surface area (Å²) in [7, 11) is 2.10. The Morgan fingerprint density at radius 2 is 2.32 bits per heavy atom. The van der Waals surface area contributed by atoms with E-state index in [1.54, 1.807) is 0 Å². The molecular formula is C15H23ClN2O. The summed E-state index contributed by atoms with van der Waals surface area (Å²) in [5.74, 6) is 0. The molecule has 106 valence electrons. The van der Waals surface area contributed by atoms with Crippen LogP contribution in [0.2, 0.25) is 5.02 Å². The summed E-state index contributed by atoms with van der Waals surface area (Å²) in [5.41, 5.74) is 2.37. The molecule has 1 N–H and O–H groups in total. The van der Waals surface area contributed by atoms with E-state index in [4.69, 9.17) is 16.3 Å². The second kappa shape index (κ2) is 7.13. The lowest BCUT2D eigenvalue weighted by Crippen LogP contribution is -2.30. The Kier molecular flexibility index (Phi) is 5.49. The predicted octanol–water partition coefficient (Wildman–Crippen LogP) is 3.06. The Hall–Kier alpha value is -0.770. The van der Waals surface area contributed by atoms with Crippen molar-refractivity contribution in [1.82, 2.24) is 5.32 Å². The van der Waals surface area contributed by atoms with Crippen LogP contribution in [-0.4, -0.2) is 32.8 Å². The molecule has 4 heteroatoms. The van der Waals surface area contributed by atoms with Crippen LogP contribution in [0.1, 0.15) is 25.3 Å². The van der Waals surface area contributed by atoms with Gasteiger partial charge in [0.1, 0.15) is 0 Å². The Labute approximate surface area is 120 Å². The number of anilines is 1. The first-order chi connectivity index (χ1) is 9.22. The van der Waals surface area contributed by atoms with Gasteiger partial charge < -0.3 is 15.0 Å². The van der Waals surface area contributed by atoms with Gasteiger partial charge in [-0.2, -0.15) is 0 Å². The molecular weight excluding hydrogens is 260 g/mol. The Balaban J connectivity index is 2.11. The topological polar surface area (TPSA) is 24.5 Å². The number of benzene rings is 1.